The van der Waals surface area contributed by atoms with Gasteiger partial charge in [0.15, 0.2) is 10.8 Å². The van der Waals surface area contributed by atoms with E-state index in [0.29, 0.717) is 15.8 Å². The molecule has 0 fully saturated rings. The smallest absolute Gasteiger partial charge is 0.279 e. The Hall–Kier alpha value is -3.49. The zero-order valence-electron chi connectivity index (χ0n) is 14.8. The Labute approximate surface area is 174 Å². The molecule has 0 aliphatic carbocycles. The number of H-pyrrole nitrogens is 1. The average molecular weight is 421 g/mol. The van der Waals surface area contributed by atoms with Gasteiger partial charge in [-0.25, -0.2) is 9.67 Å². The van der Waals surface area contributed by atoms with Crippen LogP contribution in [0.3, 0.4) is 0 Å². The Bertz CT molecular complexity index is 1340. The largest absolute Gasteiger partial charge is 0.360 e. The highest BCUT2D eigenvalue weighted by Gasteiger charge is 2.16. The highest BCUT2D eigenvalue weighted by atomic mass is 35.5. The van der Waals surface area contributed by atoms with Crippen molar-refractivity contribution in [1.29, 1.82) is 0 Å². The van der Waals surface area contributed by atoms with Crippen molar-refractivity contribution in [1.82, 2.24) is 25.0 Å². The van der Waals surface area contributed by atoms with E-state index in [1.807, 2.05) is 48.0 Å². The summed E-state index contributed by atoms with van der Waals surface area (Å²) in [6.07, 6.45) is 3.45. The molecule has 3 aromatic heterocycles. The molecule has 0 atom stereocenters. The van der Waals surface area contributed by atoms with E-state index in [9.17, 15) is 4.79 Å². The summed E-state index contributed by atoms with van der Waals surface area (Å²) in [7, 11) is 0. The van der Waals surface area contributed by atoms with E-state index in [1.165, 1.54) is 22.2 Å². The predicted molar refractivity (Wildman–Crippen MR) is 114 cm³/mol. The molecule has 2 aromatic carbocycles. The number of carbonyl (C=O) groups excluding carboxylic acids is 1. The molecule has 2 N–H and O–H groups in total. The average Bonchev–Trinajstić information content (AvgIpc) is 3.47. The first kappa shape index (κ1) is 17.6. The fourth-order valence-electron chi connectivity index (χ4n) is 3.02. The number of aromatic amines is 1. The molecule has 5 rings (SSSR count). The first-order valence-corrected chi connectivity index (χ1v) is 9.95. The molecule has 0 bridgehead atoms. The van der Waals surface area contributed by atoms with E-state index in [4.69, 9.17) is 11.6 Å². The normalized spacial score (nSPS) is 11.1. The predicted octanol–water partition coefficient (Wildman–Crippen LogP) is 4.78. The lowest BCUT2D eigenvalue weighted by atomic mass is 10.1. The second-order valence-corrected chi connectivity index (χ2v) is 7.51. The van der Waals surface area contributed by atoms with Crippen LogP contribution in [-0.2, 0) is 0 Å². The van der Waals surface area contributed by atoms with Crippen LogP contribution in [0.2, 0.25) is 5.02 Å². The molecule has 5 aromatic rings. The van der Waals surface area contributed by atoms with Crippen molar-refractivity contribution in [3.8, 4) is 16.9 Å². The van der Waals surface area contributed by atoms with Crippen molar-refractivity contribution >= 4 is 44.9 Å². The van der Waals surface area contributed by atoms with Gasteiger partial charge < -0.3 is 4.98 Å². The van der Waals surface area contributed by atoms with Gasteiger partial charge in [0.1, 0.15) is 0 Å². The van der Waals surface area contributed by atoms with E-state index in [2.05, 4.69) is 25.6 Å². The summed E-state index contributed by atoms with van der Waals surface area (Å²) in [5, 5.41) is 14.7. The SMILES string of the molecule is O=C(Nc1nc(-c2c[nH]c3ccccc23)cs1)c1cn(-c2ccccc2Cl)nn1. The van der Waals surface area contributed by atoms with Gasteiger partial charge in [0.2, 0.25) is 0 Å². The molecule has 0 unspecified atom stereocenters. The lowest BCUT2D eigenvalue weighted by Crippen LogP contribution is -2.12. The van der Waals surface area contributed by atoms with Gasteiger partial charge >= 0.3 is 0 Å². The van der Waals surface area contributed by atoms with Crippen molar-refractivity contribution in [2.24, 2.45) is 0 Å². The third kappa shape index (κ3) is 3.28. The van der Waals surface area contributed by atoms with E-state index in [0.717, 1.165) is 22.2 Å². The lowest BCUT2D eigenvalue weighted by molar-refractivity contribution is 0.102. The minimum absolute atomic E-state index is 0.175. The molecule has 0 aliphatic heterocycles. The van der Waals surface area contributed by atoms with Gasteiger partial charge in [0.25, 0.3) is 5.91 Å². The van der Waals surface area contributed by atoms with Crippen LogP contribution in [0.1, 0.15) is 10.5 Å². The molecule has 142 valence electrons. The van der Waals surface area contributed by atoms with Crippen LogP contribution in [0.4, 0.5) is 5.13 Å². The Morgan fingerprint density at radius 1 is 1.14 bits per heavy atom. The maximum Gasteiger partial charge on any atom is 0.279 e. The fraction of sp³-hybridized carbons (Fsp3) is 0. The highest BCUT2D eigenvalue weighted by molar-refractivity contribution is 7.14. The number of para-hydroxylation sites is 2. The molecular formula is C20H13ClN6OS. The van der Waals surface area contributed by atoms with Gasteiger partial charge in [-0.2, -0.15) is 0 Å². The molecule has 0 spiro atoms. The first-order valence-electron chi connectivity index (χ1n) is 8.69. The number of nitrogens with zero attached hydrogens (tertiary/aromatic N) is 4. The van der Waals surface area contributed by atoms with Crippen LogP contribution < -0.4 is 5.32 Å². The number of rotatable bonds is 4. The van der Waals surface area contributed by atoms with Gasteiger partial charge in [0, 0.05) is 28.0 Å². The number of amides is 1. The topological polar surface area (TPSA) is 88.5 Å². The number of halogens is 1. The zero-order chi connectivity index (χ0) is 19.8. The molecule has 1 amide bonds. The van der Waals surface area contributed by atoms with Crippen LogP contribution in [0, 0.1) is 0 Å². The van der Waals surface area contributed by atoms with Crippen molar-refractivity contribution in [2.75, 3.05) is 5.32 Å². The second-order valence-electron chi connectivity index (χ2n) is 6.24. The number of thiazole rings is 1. The number of carbonyl (C=O) groups is 1. The third-order valence-corrected chi connectivity index (χ3v) is 5.49. The Morgan fingerprint density at radius 2 is 1.97 bits per heavy atom. The number of aromatic nitrogens is 5. The number of benzene rings is 2. The Morgan fingerprint density at radius 3 is 2.86 bits per heavy atom. The first-order chi connectivity index (χ1) is 14.2. The van der Waals surface area contributed by atoms with Crippen LogP contribution in [0.25, 0.3) is 27.8 Å². The highest BCUT2D eigenvalue weighted by Crippen LogP contribution is 2.31. The van der Waals surface area contributed by atoms with Crippen molar-refractivity contribution in [3.63, 3.8) is 0 Å². The van der Waals surface area contributed by atoms with Gasteiger partial charge in [0.05, 0.1) is 22.6 Å². The number of fused-ring (bicyclic) bond motifs is 1. The zero-order valence-corrected chi connectivity index (χ0v) is 16.4. The summed E-state index contributed by atoms with van der Waals surface area (Å²) in [6.45, 7) is 0. The molecule has 0 aliphatic rings. The van der Waals surface area contributed by atoms with Gasteiger partial charge in [-0.3, -0.25) is 10.1 Å². The third-order valence-electron chi connectivity index (χ3n) is 4.42. The van der Waals surface area contributed by atoms with Gasteiger partial charge in [-0.15, -0.1) is 16.4 Å². The van der Waals surface area contributed by atoms with Crippen LogP contribution in [-0.4, -0.2) is 30.9 Å². The minimum Gasteiger partial charge on any atom is -0.360 e. The summed E-state index contributed by atoms with van der Waals surface area (Å²) in [6, 6.07) is 15.2. The van der Waals surface area contributed by atoms with E-state index >= 15 is 0 Å². The molecule has 0 saturated carbocycles. The van der Waals surface area contributed by atoms with Crippen molar-refractivity contribution in [2.45, 2.75) is 0 Å². The summed E-state index contributed by atoms with van der Waals surface area (Å²) < 4.78 is 1.47. The van der Waals surface area contributed by atoms with Gasteiger partial charge in [-0.1, -0.05) is 47.1 Å². The van der Waals surface area contributed by atoms with Crippen molar-refractivity contribution < 1.29 is 4.79 Å². The van der Waals surface area contributed by atoms with E-state index in [-0.39, 0.29) is 11.6 Å². The standard InChI is InChI=1S/C20H13ClN6OS/c21-14-6-2-4-8-18(14)27-10-16(25-26-27)19(28)24-20-23-17(11-29-20)13-9-22-15-7-3-1-5-12(13)15/h1-11,22H,(H,23,24,28). The molecule has 3 heterocycles. The summed E-state index contributed by atoms with van der Waals surface area (Å²) in [4.78, 5) is 20.3. The number of hydrogen-bond donors (Lipinski definition) is 2. The maximum atomic E-state index is 12.6. The maximum absolute atomic E-state index is 12.6. The summed E-state index contributed by atoms with van der Waals surface area (Å²) >= 11 is 7.52. The molecule has 29 heavy (non-hydrogen) atoms. The van der Waals surface area contributed by atoms with E-state index in [1.54, 1.807) is 12.1 Å². The Kier molecular flexibility index (Phi) is 4.34. The van der Waals surface area contributed by atoms with Gasteiger partial charge in [-0.05, 0) is 18.2 Å². The lowest BCUT2D eigenvalue weighted by Gasteiger charge is -2.01. The number of anilines is 1. The molecule has 7 nitrogen and oxygen atoms in total. The Balaban J connectivity index is 1.37. The second kappa shape index (κ2) is 7.16. The minimum atomic E-state index is -0.386. The summed E-state index contributed by atoms with van der Waals surface area (Å²) in [5.41, 5.74) is 3.65. The van der Waals surface area contributed by atoms with Crippen LogP contribution in [0.5, 0.6) is 0 Å². The van der Waals surface area contributed by atoms with Crippen molar-refractivity contribution in [3.05, 3.63) is 77.0 Å². The quantitative estimate of drug-likeness (QED) is 0.438. The molecule has 0 radical (unpaired) electrons. The molecular weight excluding hydrogens is 408 g/mol. The molecule has 0 saturated heterocycles. The fourth-order valence-corrected chi connectivity index (χ4v) is 3.95. The van der Waals surface area contributed by atoms with Crippen LogP contribution in [0.15, 0.2) is 66.3 Å². The van der Waals surface area contributed by atoms with E-state index < -0.39 is 0 Å². The number of nitrogens with one attached hydrogen (secondary N) is 2. The van der Waals surface area contributed by atoms with Crippen LogP contribution >= 0.6 is 22.9 Å². The molecule has 9 heteroatoms. The number of hydrogen-bond acceptors (Lipinski definition) is 5. The monoisotopic (exact) mass is 420 g/mol. The summed E-state index contributed by atoms with van der Waals surface area (Å²) in [5.74, 6) is -0.386.